The van der Waals surface area contributed by atoms with Crippen LogP contribution >= 0.6 is 0 Å². The van der Waals surface area contributed by atoms with E-state index in [9.17, 15) is 12.8 Å². The number of aryl methyl sites for hydroxylation is 1. The first kappa shape index (κ1) is 17.5. The van der Waals surface area contributed by atoms with Crippen LogP contribution in [0.1, 0.15) is 22.7 Å². The molecule has 0 amide bonds. The van der Waals surface area contributed by atoms with Crippen molar-refractivity contribution in [2.45, 2.75) is 17.8 Å². The fraction of sp³-hybridized carbons (Fsp3) is 0.211. The summed E-state index contributed by atoms with van der Waals surface area (Å²) < 4.78 is 53.3. The minimum atomic E-state index is -4.34. The molecule has 0 radical (unpaired) electrons. The Morgan fingerprint density at radius 3 is 2.36 bits per heavy atom. The molecule has 2 unspecified atom stereocenters. The molecule has 0 aliphatic heterocycles. The molecule has 1 aliphatic rings. The van der Waals surface area contributed by atoms with E-state index in [4.69, 9.17) is 0 Å². The van der Waals surface area contributed by atoms with Gasteiger partial charge < -0.3 is 0 Å². The lowest BCUT2D eigenvalue weighted by Gasteiger charge is -2.29. The van der Waals surface area contributed by atoms with Gasteiger partial charge in [0.2, 0.25) is 0 Å². The van der Waals surface area contributed by atoms with Crippen LogP contribution in [-0.2, 0) is 9.84 Å². The van der Waals surface area contributed by atoms with E-state index in [2.05, 4.69) is 4.98 Å². The molecule has 3 rings (SSSR count). The smallest absolute Gasteiger partial charge is 0.261 e. The van der Waals surface area contributed by atoms with Crippen LogP contribution in [0, 0.1) is 6.92 Å². The van der Waals surface area contributed by atoms with Gasteiger partial charge in [-0.05, 0) is 41.8 Å². The molecule has 0 saturated carbocycles. The summed E-state index contributed by atoms with van der Waals surface area (Å²) in [5.74, 6) is -1.91. The van der Waals surface area contributed by atoms with Crippen molar-refractivity contribution in [1.29, 1.82) is 0 Å². The van der Waals surface area contributed by atoms with Gasteiger partial charge in [-0.25, -0.2) is 17.2 Å². The number of pyridine rings is 1. The third kappa shape index (κ3) is 3.14. The fourth-order valence-electron chi connectivity index (χ4n) is 2.83. The quantitative estimate of drug-likeness (QED) is 0.826. The number of rotatable bonds is 3. The minimum absolute atomic E-state index is 0.369. The first-order valence-electron chi connectivity index (χ1n) is 7.69. The van der Waals surface area contributed by atoms with Crippen molar-refractivity contribution in [2.75, 3.05) is 6.26 Å². The van der Waals surface area contributed by atoms with Gasteiger partial charge in [-0.15, -0.1) is 0 Å². The topological polar surface area (TPSA) is 47.0 Å². The third-order valence-corrected chi connectivity index (χ3v) is 5.65. The molecule has 2 aromatic rings. The summed E-state index contributed by atoms with van der Waals surface area (Å²) in [7, 11) is -4.34. The van der Waals surface area contributed by atoms with Crippen LogP contribution in [-0.4, -0.2) is 24.7 Å². The predicted octanol–water partition coefficient (Wildman–Crippen LogP) is 4.13. The standard InChI is InChI=1S/C19H17F2NO2S/c1-13-8-9-15(12-22-13)17-11-19(21,25(2,23)24)18(20)10-16(17)14-6-4-3-5-7-14/h3-12,16H,1-2H3. The average molecular weight is 361 g/mol. The molecule has 3 nitrogen and oxygen atoms in total. The molecule has 6 heteroatoms. The highest BCUT2D eigenvalue weighted by molar-refractivity contribution is 7.92. The summed E-state index contributed by atoms with van der Waals surface area (Å²) in [5, 5.41) is -3.17. The number of alkyl halides is 1. The Morgan fingerprint density at radius 1 is 1.12 bits per heavy atom. The van der Waals surface area contributed by atoms with Crippen LogP contribution in [0.2, 0.25) is 0 Å². The summed E-state index contributed by atoms with van der Waals surface area (Å²) in [5.41, 5.74) is 2.43. The van der Waals surface area contributed by atoms with Gasteiger partial charge in [0, 0.05) is 24.1 Å². The predicted molar refractivity (Wildman–Crippen MR) is 94.0 cm³/mol. The molecule has 0 bridgehead atoms. The molecular formula is C19H17F2NO2S. The lowest BCUT2D eigenvalue weighted by molar-refractivity contribution is 0.320. The number of sulfone groups is 1. The first-order valence-corrected chi connectivity index (χ1v) is 9.58. The van der Waals surface area contributed by atoms with E-state index in [-0.39, 0.29) is 0 Å². The van der Waals surface area contributed by atoms with Crippen molar-refractivity contribution < 1.29 is 17.2 Å². The zero-order valence-electron chi connectivity index (χ0n) is 13.8. The second-order valence-electron chi connectivity index (χ2n) is 6.11. The van der Waals surface area contributed by atoms with E-state index >= 15 is 4.39 Å². The molecule has 1 aromatic heterocycles. The van der Waals surface area contributed by atoms with Crippen molar-refractivity contribution in [3.8, 4) is 0 Å². The Balaban J connectivity index is 2.22. The third-order valence-electron chi connectivity index (χ3n) is 4.26. The Labute approximate surface area is 145 Å². The lowest BCUT2D eigenvalue weighted by atomic mass is 9.83. The Kier molecular flexibility index (Phi) is 4.33. The Bertz CT molecular complexity index is 951. The molecule has 0 spiro atoms. The highest BCUT2D eigenvalue weighted by atomic mass is 32.2. The van der Waals surface area contributed by atoms with Crippen LogP contribution in [0.3, 0.4) is 0 Å². The van der Waals surface area contributed by atoms with Crippen LogP contribution in [0.25, 0.3) is 5.57 Å². The van der Waals surface area contributed by atoms with Crippen LogP contribution < -0.4 is 0 Å². The van der Waals surface area contributed by atoms with E-state index < -0.39 is 26.6 Å². The molecule has 0 N–H and O–H groups in total. The maximum atomic E-state index is 15.0. The fourth-order valence-corrected chi connectivity index (χ4v) is 3.59. The normalized spacial score (nSPS) is 23.8. The van der Waals surface area contributed by atoms with Crippen LogP contribution in [0.15, 0.2) is 66.6 Å². The first-order chi connectivity index (χ1) is 11.7. The minimum Gasteiger partial charge on any atom is -0.261 e. The summed E-state index contributed by atoms with van der Waals surface area (Å²) in [6.07, 6.45) is 4.12. The molecule has 1 aromatic carbocycles. The van der Waals surface area contributed by atoms with Crippen LogP contribution in [0.5, 0.6) is 0 Å². The molecule has 130 valence electrons. The number of allylic oxidation sites excluding steroid dienone is 2. The summed E-state index contributed by atoms with van der Waals surface area (Å²) in [6, 6.07) is 12.4. The van der Waals surface area contributed by atoms with E-state index in [1.807, 2.05) is 13.0 Å². The molecule has 25 heavy (non-hydrogen) atoms. The zero-order valence-corrected chi connectivity index (χ0v) is 14.6. The highest BCUT2D eigenvalue weighted by Crippen LogP contribution is 2.45. The van der Waals surface area contributed by atoms with E-state index in [1.165, 1.54) is 6.20 Å². The van der Waals surface area contributed by atoms with Gasteiger partial charge in [0.1, 0.15) is 0 Å². The maximum absolute atomic E-state index is 15.0. The van der Waals surface area contributed by atoms with Crippen molar-refractivity contribution >= 4 is 15.4 Å². The van der Waals surface area contributed by atoms with E-state index in [1.54, 1.807) is 36.4 Å². The monoisotopic (exact) mass is 361 g/mol. The Hall–Kier alpha value is -2.34. The van der Waals surface area contributed by atoms with Crippen molar-refractivity contribution in [2.24, 2.45) is 0 Å². The number of nitrogens with zero attached hydrogens (tertiary/aromatic N) is 1. The van der Waals surface area contributed by atoms with E-state index in [0.29, 0.717) is 17.4 Å². The Morgan fingerprint density at radius 2 is 1.80 bits per heavy atom. The van der Waals surface area contributed by atoms with Gasteiger partial charge in [-0.2, -0.15) is 0 Å². The molecule has 1 heterocycles. The van der Waals surface area contributed by atoms with Gasteiger partial charge in [0.05, 0.1) is 0 Å². The molecule has 1 aliphatic carbocycles. The summed E-state index contributed by atoms with van der Waals surface area (Å²) in [4.78, 5) is 4.18. The van der Waals surface area contributed by atoms with Gasteiger partial charge in [-0.3, -0.25) is 4.98 Å². The number of hydrogen-bond acceptors (Lipinski definition) is 3. The summed E-state index contributed by atoms with van der Waals surface area (Å²) >= 11 is 0. The molecule has 2 atom stereocenters. The number of benzene rings is 1. The van der Waals surface area contributed by atoms with E-state index in [0.717, 1.165) is 23.4 Å². The number of aromatic nitrogens is 1. The lowest BCUT2D eigenvalue weighted by Crippen LogP contribution is -2.34. The van der Waals surface area contributed by atoms with Gasteiger partial charge in [0.25, 0.3) is 5.00 Å². The largest absolute Gasteiger partial charge is 0.279 e. The maximum Gasteiger partial charge on any atom is 0.279 e. The van der Waals surface area contributed by atoms with Crippen molar-refractivity contribution in [1.82, 2.24) is 4.98 Å². The zero-order chi connectivity index (χ0) is 18.2. The van der Waals surface area contributed by atoms with Gasteiger partial charge >= 0.3 is 0 Å². The van der Waals surface area contributed by atoms with Gasteiger partial charge in [0.15, 0.2) is 15.7 Å². The average Bonchev–Trinajstić information content (AvgIpc) is 2.57. The summed E-state index contributed by atoms with van der Waals surface area (Å²) in [6.45, 7) is 1.81. The molecule has 0 fully saturated rings. The highest BCUT2D eigenvalue weighted by Gasteiger charge is 2.47. The van der Waals surface area contributed by atoms with Crippen LogP contribution in [0.4, 0.5) is 8.78 Å². The number of halogens is 2. The van der Waals surface area contributed by atoms with Crippen molar-refractivity contribution in [3.05, 3.63) is 83.5 Å². The molecular weight excluding hydrogens is 344 g/mol. The van der Waals surface area contributed by atoms with Crippen molar-refractivity contribution in [3.63, 3.8) is 0 Å². The molecule has 0 saturated heterocycles. The second kappa shape index (κ2) is 6.19. The number of hydrogen-bond donors (Lipinski definition) is 0. The SMILES string of the molecule is Cc1ccc(C2=CC(F)(S(C)(=O)=O)C(F)=CC2c2ccccc2)cn1. The van der Waals surface area contributed by atoms with Gasteiger partial charge in [-0.1, -0.05) is 36.4 Å². The second-order valence-corrected chi connectivity index (χ2v) is 8.25.